The van der Waals surface area contributed by atoms with Gasteiger partial charge in [-0.1, -0.05) is 319 Å². The van der Waals surface area contributed by atoms with E-state index in [1.807, 2.05) is 0 Å². The number of unbranched alkanes of at least 4 members (excludes halogenated alkanes) is 42. The van der Waals surface area contributed by atoms with Crippen LogP contribution in [0.2, 0.25) is 0 Å². The zero-order chi connectivity index (χ0) is 56.4. The zero-order valence-electron chi connectivity index (χ0n) is 52.2. The summed E-state index contributed by atoms with van der Waals surface area (Å²) in [5, 5.41) is 0. The van der Waals surface area contributed by atoms with Gasteiger partial charge in [-0.15, -0.1) is 0 Å². The fraction of sp³-hybridized carbons (Fsp3) is 0.819. The quantitative estimate of drug-likeness (QED) is 0.0261. The third-order valence-corrected chi connectivity index (χ3v) is 15.3. The van der Waals surface area contributed by atoms with Gasteiger partial charge in [-0.05, 0) is 83.5 Å². The summed E-state index contributed by atoms with van der Waals surface area (Å²) in [4.78, 5) is 38.0. The number of hydrogen-bond acceptors (Lipinski definition) is 6. The molecule has 0 aliphatic rings. The highest BCUT2D eigenvalue weighted by atomic mass is 16.6. The summed E-state index contributed by atoms with van der Waals surface area (Å²) in [6, 6.07) is 0. The second-order valence-electron chi connectivity index (χ2n) is 23.1. The van der Waals surface area contributed by atoms with Gasteiger partial charge in [0.05, 0.1) is 0 Å². The molecule has 0 bridgehead atoms. The first-order valence-corrected chi connectivity index (χ1v) is 34.3. The van der Waals surface area contributed by atoms with Crippen LogP contribution in [0.3, 0.4) is 0 Å². The van der Waals surface area contributed by atoms with Gasteiger partial charge in [0.15, 0.2) is 6.10 Å². The van der Waals surface area contributed by atoms with E-state index in [1.54, 1.807) is 0 Å². The van der Waals surface area contributed by atoms with Crippen molar-refractivity contribution in [1.82, 2.24) is 0 Å². The SMILES string of the molecule is CC/C=C\C/C=C\C/C=C\C/C=C\CCCCCCCCC(=O)OC(COC(=O)CCCCCCCC)COC(=O)CCCCCCCCCCCCCCCCCCCCCCCCC/C=C\CCCCCCCCCC. The van der Waals surface area contributed by atoms with Crippen molar-refractivity contribution in [2.45, 2.75) is 367 Å². The third-order valence-electron chi connectivity index (χ3n) is 15.3. The lowest BCUT2D eigenvalue weighted by molar-refractivity contribution is -0.167. The van der Waals surface area contributed by atoms with E-state index in [9.17, 15) is 14.4 Å². The topological polar surface area (TPSA) is 78.9 Å². The number of carbonyl (C=O) groups excluding carboxylic acids is 3. The Morgan fingerprint density at radius 3 is 0.795 bits per heavy atom. The molecular weight excluding hydrogens is 961 g/mol. The van der Waals surface area contributed by atoms with E-state index in [4.69, 9.17) is 14.2 Å². The third kappa shape index (κ3) is 63.9. The van der Waals surface area contributed by atoms with Crippen molar-refractivity contribution in [1.29, 1.82) is 0 Å². The van der Waals surface area contributed by atoms with Crippen LogP contribution in [-0.4, -0.2) is 37.2 Å². The van der Waals surface area contributed by atoms with Crippen molar-refractivity contribution < 1.29 is 28.6 Å². The van der Waals surface area contributed by atoms with Crippen molar-refractivity contribution in [3.05, 3.63) is 60.8 Å². The van der Waals surface area contributed by atoms with E-state index in [0.29, 0.717) is 19.3 Å². The summed E-state index contributed by atoms with van der Waals surface area (Å²) in [6.07, 6.45) is 85.9. The number of allylic oxidation sites excluding steroid dienone is 10. The van der Waals surface area contributed by atoms with Crippen LogP contribution in [0.4, 0.5) is 0 Å². The van der Waals surface area contributed by atoms with Gasteiger partial charge in [0, 0.05) is 19.3 Å². The van der Waals surface area contributed by atoms with Gasteiger partial charge in [-0.3, -0.25) is 14.4 Å². The Bertz CT molecular complexity index is 1390. The molecule has 0 fully saturated rings. The molecule has 0 aliphatic carbocycles. The molecule has 0 aromatic carbocycles. The molecule has 0 aromatic heterocycles. The molecule has 0 amide bonds. The number of rotatable bonds is 63. The first kappa shape index (κ1) is 75.1. The van der Waals surface area contributed by atoms with E-state index in [0.717, 1.165) is 96.3 Å². The minimum absolute atomic E-state index is 0.0767. The van der Waals surface area contributed by atoms with Gasteiger partial charge in [0.1, 0.15) is 13.2 Å². The normalized spacial score (nSPS) is 12.4. The predicted octanol–water partition coefficient (Wildman–Crippen LogP) is 23.5. The summed E-state index contributed by atoms with van der Waals surface area (Å²) in [5.74, 6) is -0.885. The average Bonchev–Trinajstić information content (AvgIpc) is 3.44. The molecule has 1 atom stereocenters. The summed E-state index contributed by atoms with van der Waals surface area (Å²) >= 11 is 0. The van der Waals surface area contributed by atoms with Crippen molar-refractivity contribution in [3.8, 4) is 0 Å². The average molecular weight is 1090 g/mol. The Labute approximate surface area is 485 Å². The van der Waals surface area contributed by atoms with Crippen LogP contribution >= 0.6 is 0 Å². The molecular formula is C72H130O6. The molecule has 6 nitrogen and oxygen atoms in total. The fourth-order valence-corrected chi connectivity index (χ4v) is 10.1. The largest absolute Gasteiger partial charge is 0.462 e. The Hall–Kier alpha value is -2.89. The maximum absolute atomic E-state index is 12.8. The summed E-state index contributed by atoms with van der Waals surface area (Å²) in [6.45, 7) is 6.50. The van der Waals surface area contributed by atoms with Crippen LogP contribution in [-0.2, 0) is 28.6 Å². The Balaban J connectivity index is 3.93. The van der Waals surface area contributed by atoms with E-state index in [-0.39, 0.29) is 31.1 Å². The summed E-state index contributed by atoms with van der Waals surface area (Å²) in [7, 11) is 0. The molecule has 0 saturated carbocycles. The van der Waals surface area contributed by atoms with E-state index < -0.39 is 6.10 Å². The van der Waals surface area contributed by atoms with Gasteiger partial charge in [0.25, 0.3) is 0 Å². The fourth-order valence-electron chi connectivity index (χ4n) is 10.1. The van der Waals surface area contributed by atoms with Gasteiger partial charge in [0.2, 0.25) is 0 Å². The molecule has 454 valence electrons. The minimum atomic E-state index is -0.778. The molecule has 0 saturated heterocycles. The van der Waals surface area contributed by atoms with E-state index in [1.165, 1.54) is 225 Å². The summed E-state index contributed by atoms with van der Waals surface area (Å²) in [5.41, 5.74) is 0. The lowest BCUT2D eigenvalue weighted by atomic mass is 10.0. The predicted molar refractivity (Wildman–Crippen MR) is 339 cm³/mol. The Kier molecular flexibility index (Phi) is 64.2. The molecule has 6 heteroatoms. The van der Waals surface area contributed by atoms with Crippen LogP contribution in [0, 0.1) is 0 Å². The van der Waals surface area contributed by atoms with Crippen LogP contribution in [0.1, 0.15) is 361 Å². The van der Waals surface area contributed by atoms with Crippen LogP contribution < -0.4 is 0 Å². The zero-order valence-corrected chi connectivity index (χ0v) is 52.2. The van der Waals surface area contributed by atoms with Gasteiger partial charge >= 0.3 is 17.9 Å². The van der Waals surface area contributed by atoms with Crippen LogP contribution in [0.25, 0.3) is 0 Å². The first-order valence-electron chi connectivity index (χ1n) is 34.3. The van der Waals surface area contributed by atoms with Crippen LogP contribution in [0.5, 0.6) is 0 Å². The van der Waals surface area contributed by atoms with Crippen molar-refractivity contribution in [3.63, 3.8) is 0 Å². The molecule has 0 aromatic rings. The number of carbonyl (C=O) groups is 3. The molecule has 0 heterocycles. The number of hydrogen-bond donors (Lipinski definition) is 0. The molecule has 0 spiro atoms. The van der Waals surface area contributed by atoms with E-state index in [2.05, 4.69) is 81.5 Å². The highest BCUT2D eigenvalue weighted by Crippen LogP contribution is 2.18. The van der Waals surface area contributed by atoms with Crippen molar-refractivity contribution in [2.24, 2.45) is 0 Å². The summed E-state index contributed by atoms with van der Waals surface area (Å²) < 4.78 is 16.8. The van der Waals surface area contributed by atoms with Gasteiger partial charge < -0.3 is 14.2 Å². The second-order valence-corrected chi connectivity index (χ2v) is 23.1. The number of ether oxygens (including phenoxy) is 3. The standard InChI is InChI=1S/C72H130O6/c1-4-7-10-13-16-18-20-22-24-26-28-29-30-31-32-33-34-35-36-37-38-39-40-41-42-43-45-46-48-50-52-54-56-59-62-65-71(74)77-68-69(67-76-70(73)64-61-58-15-12-9-6-3)78-72(75)66-63-60-57-55-53-51-49-47-44-27-25-23-21-19-17-14-11-8-5-2/h8,11,17,19,23,25-26,28,44,47,69H,4-7,9-10,12-16,18,20-22,24,27,29-43,45-46,48-68H2,1-3H3/b11-8-,19-17-,25-23-,28-26-,47-44-. The van der Waals surface area contributed by atoms with E-state index >= 15 is 0 Å². The Morgan fingerprint density at radius 1 is 0.269 bits per heavy atom. The Morgan fingerprint density at radius 2 is 0.500 bits per heavy atom. The minimum Gasteiger partial charge on any atom is -0.462 e. The maximum Gasteiger partial charge on any atom is 0.306 e. The lowest BCUT2D eigenvalue weighted by Gasteiger charge is -2.18. The molecule has 0 radical (unpaired) electrons. The molecule has 1 unspecified atom stereocenters. The first-order chi connectivity index (χ1) is 38.5. The molecule has 0 aliphatic heterocycles. The molecule has 78 heavy (non-hydrogen) atoms. The van der Waals surface area contributed by atoms with Crippen molar-refractivity contribution >= 4 is 17.9 Å². The van der Waals surface area contributed by atoms with Crippen LogP contribution in [0.15, 0.2) is 60.8 Å². The molecule has 0 N–H and O–H groups in total. The van der Waals surface area contributed by atoms with Crippen molar-refractivity contribution in [2.75, 3.05) is 13.2 Å². The van der Waals surface area contributed by atoms with Gasteiger partial charge in [-0.2, -0.15) is 0 Å². The highest BCUT2D eigenvalue weighted by Gasteiger charge is 2.19. The maximum atomic E-state index is 12.8. The highest BCUT2D eigenvalue weighted by molar-refractivity contribution is 5.71. The monoisotopic (exact) mass is 1090 g/mol. The van der Waals surface area contributed by atoms with Gasteiger partial charge in [-0.25, -0.2) is 0 Å². The second kappa shape index (κ2) is 66.6. The molecule has 0 rings (SSSR count). The smallest absolute Gasteiger partial charge is 0.306 e. The number of esters is 3. The lowest BCUT2D eigenvalue weighted by Crippen LogP contribution is -2.30.